The lowest BCUT2D eigenvalue weighted by Crippen LogP contribution is -2.41. The minimum absolute atomic E-state index is 0.0286. The largest absolute Gasteiger partial charge is 0.340 e. The van der Waals surface area contributed by atoms with Crippen molar-refractivity contribution in [1.29, 1.82) is 0 Å². The molecule has 0 saturated carbocycles. The molecule has 1 N–H and O–H groups in total. The zero-order valence-corrected chi connectivity index (χ0v) is 14.4. The number of benzene rings is 1. The van der Waals surface area contributed by atoms with Crippen LogP contribution in [0.15, 0.2) is 48.7 Å². The summed E-state index contributed by atoms with van der Waals surface area (Å²) in [6, 6.07) is 13.0. The van der Waals surface area contributed by atoms with Gasteiger partial charge in [-0.2, -0.15) is 0 Å². The van der Waals surface area contributed by atoms with Crippen molar-refractivity contribution in [1.82, 2.24) is 14.6 Å². The molecule has 1 amide bonds. The van der Waals surface area contributed by atoms with Crippen LogP contribution in [-0.2, 0) is 4.79 Å². The maximum atomic E-state index is 12.6. The Bertz CT molecular complexity index is 892. The van der Waals surface area contributed by atoms with Gasteiger partial charge in [-0.3, -0.25) is 9.20 Å². The number of amides is 1. The van der Waals surface area contributed by atoms with Crippen molar-refractivity contribution in [3.8, 4) is 0 Å². The lowest BCUT2D eigenvalue weighted by Gasteiger charge is -2.31. The number of halogens is 1. The summed E-state index contributed by atoms with van der Waals surface area (Å²) in [5.41, 5.74) is 1.57. The van der Waals surface area contributed by atoms with Crippen molar-refractivity contribution in [2.24, 2.45) is 5.92 Å². The predicted molar refractivity (Wildman–Crippen MR) is 98.0 cm³/mol. The van der Waals surface area contributed by atoms with Crippen molar-refractivity contribution in [2.75, 3.05) is 23.3 Å². The van der Waals surface area contributed by atoms with E-state index in [1.165, 1.54) is 0 Å². The van der Waals surface area contributed by atoms with Crippen LogP contribution in [0.3, 0.4) is 0 Å². The van der Waals surface area contributed by atoms with Crippen LogP contribution in [0.5, 0.6) is 0 Å². The standard InChI is InChI=1S/C18H18ClN5O/c19-14-6-8-15(9-7-14)20-17(25)13-4-3-10-23(12-13)18-22-21-16-5-1-2-11-24(16)18/h1-2,5-9,11,13H,3-4,10,12H2,(H,20,25)/t13-/m1/s1. The van der Waals surface area contributed by atoms with Gasteiger partial charge in [0.05, 0.1) is 5.92 Å². The van der Waals surface area contributed by atoms with Crippen LogP contribution in [0, 0.1) is 5.92 Å². The summed E-state index contributed by atoms with van der Waals surface area (Å²) in [4.78, 5) is 14.8. The van der Waals surface area contributed by atoms with Gasteiger partial charge in [0, 0.05) is 30.0 Å². The van der Waals surface area contributed by atoms with Gasteiger partial charge in [-0.15, -0.1) is 10.2 Å². The van der Waals surface area contributed by atoms with Crippen LogP contribution in [0.1, 0.15) is 12.8 Å². The fourth-order valence-electron chi connectivity index (χ4n) is 3.19. The number of carbonyl (C=O) groups is 1. The van der Waals surface area contributed by atoms with Crippen LogP contribution in [0.4, 0.5) is 11.6 Å². The Kier molecular flexibility index (Phi) is 4.28. The molecule has 3 aromatic rings. The first-order valence-electron chi connectivity index (χ1n) is 8.32. The summed E-state index contributed by atoms with van der Waals surface area (Å²) in [6.07, 6.45) is 3.76. The van der Waals surface area contributed by atoms with E-state index in [4.69, 9.17) is 11.6 Å². The topological polar surface area (TPSA) is 62.5 Å². The molecular formula is C18H18ClN5O. The van der Waals surface area contributed by atoms with E-state index < -0.39 is 0 Å². The van der Waals surface area contributed by atoms with Crippen molar-refractivity contribution in [2.45, 2.75) is 12.8 Å². The van der Waals surface area contributed by atoms with E-state index in [1.807, 2.05) is 40.9 Å². The predicted octanol–water partition coefficient (Wildman–Crippen LogP) is 3.24. The van der Waals surface area contributed by atoms with Gasteiger partial charge in [0.1, 0.15) is 0 Å². The Labute approximate surface area is 150 Å². The summed E-state index contributed by atoms with van der Waals surface area (Å²) in [7, 11) is 0. The average molecular weight is 356 g/mol. The van der Waals surface area contributed by atoms with Crippen molar-refractivity contribution in [3.63, 3.8) is 0 Å². The third kappa shape index (κ3) is 3.30. The van der Waals surface area contributed by atoms with Crippen molar-refractivity contribution in [3.05, 3.63) is 53.7 Å². The van der Waals surface area contributed by atoms with Crippen LogP contribution in [0.25, 0.3) is 5.65 Å². The Morgan fingerprint density at radius 1 is 1.16 bits per heavy atom. The quantitative estimate of drug-likeness (QED) is 0.783. The van der Waals surface area contributed by atoms with Crippen LogP contribution in [0.2, 0.25) is 5.02 Å². The van der Waals surface area contributed by atoms with Gasteiger partial charge in [-0.1, -0.05) is 17.7 Å². The molecule has 0 bridgehead atoms. The highest BCUT2D eigenvalue weighted by Crippen LogP contribution is 2.24. The van der Waals surface area contributed by atoms with Gasteiger partial charge in [0.15, 0.2) is 5.65 Å². The summed E-state index contributed by atoms with van der Waals surface area (Å²) in [6.45, 7) is 1.51. The zero-order valence-electron chi connectivity index (χ0n) is 13.6. The third-order valence-corrected chi connectivity index (χ3v) is 4.73. The number of fused-ring (bicyclic) bond motifs is 1. The summed E-state index contributed by atoms with van der Waals surface area (Å²) < 4.78 is 1.96. The van der Waals surface area contributed by atoms with Crippen LogP contribution < -0.4 is 10.2 Å². The molecule has 2 aromatic heterocycles. The monoisotopic (exact) mass is 355 g/mol. The number of hydrogen-bond donors (Lipinski definition) is 1. The minimum Gasteiger partial charge on any atom is -0.340 e. The lowest BCUT2D eigenvalue weighted by molar-refractivity contribution is -0.120. The van der Waals surface area contributed by atoms with Gasteiger partial charge < -0.3 is 10.2 Å². The zero-order chi connectivity index (χ0) is 17.2. The molecule has 0 spiro atoms. The normalized spacial score (nSPS) is 17.6. The highest BCUT2D eigenvalue weighted by molar-refractivity contribution is 6.30. The van der Waals surface area contributed by atoms with E-state index in [2.05, 4.69) is 20.4 Å². The fraction of sp³-hybridized carbons (Fsp3) is 0.278. The molecule has 0 radical (unpaired) electrons. The molecule has 1 aliphatic rings. The van der Waals surface area contributed by atoms with E-state index in [0.717, 1.165) is 36.7 Å². The van der Waals surface area contributed by atoms with Gasteiger partial charge in [0.2, 0.25) is 11.9 Å². The van der Waals surface area contributed by atoms with Gasteiger partial charge in [0.25, 0.3) is 0 Å². The molecule has 1 aromatic carbocycles. The molecule has 1 fully saturated rings. The summed E-state index contributed by atoms with van der Waals surface area (Å²) >= 11 is 5.89. The van der Waals surface area contributed by atoms with Gasteiger partial charge in [-0.05, 0) is 49.2 Å². The highest BCUT2D eigenvalue weighted by Gasteiger charge is 2.28. The first kappa shape index (κ1) is 15.9. The summed E-state index contributed by atoms with van der Waals surface area (Å²) in [5.74, 6) is 0.737. The second-order valence-corrected chi connectivity index (χ2v) is 6.65. The molecule has 4 rings (SSSR count). The summed E-state index contributed by atoms with van der Waals surface area (Å²) in [5, 5.41) is 12.1. The smallest absolute Gasteiger partial charge is 0.231 e. The Balaban J connectivity index is 1.49. The second-order valence-electron chi connectivity index (χ2n) is 6.21. The van der Waals surface area contributed by atoms with E-state index in [0.29, 0.717) is 11.6 Å². The molecule has 6 nitrogen and oxygen atoms in total. The van der Waals surface area contributed by atoms with Crippen LogP contribution >= 0.6 is 11.6 Å². The van der Waals surface area contributed by atoms with Crippen LogP contribution in [-0.4, -0.2) is 33.6 Å². The molecule has 1 aliphatic heterocycles. The molecule has 128 valence electrons. The molecule has 1 atom stereocenters. The molecule has 3 heterocycles. The second kappa shape index (κ2) is 6.72. The molecule has 0 unspecified atom stereocenters. The van der Waals surface area contributed by atoms with E-state index >= 15 is 0 Å². The number of aromatic nitrogens is 3. The van der Waals surface area contributed by atoms with E-state index in [9.17, 15) is 4.79 Å². The molecule has 0 aliphatic carbocycles. The molecule has 7 heteroatoms. The maximum absolute atomic E-state index is 12.6. The third-order valence-electron chi connectivity index (χ3n) is 4.48. The number of anilines is 2. The number of piperidine rings is 1. The number of carbonyl (C=O) groups excluding carboxylic acids is 1. The SMILES string of the molecule is O=C(Nc1ccc(Cl)cc1)[C@@H]1CCCN(c2nnc3ccccn23)C1. The number of pyridine rings is 1. The molecule has 1 saturated heterocycles. The lowest BCUT2D eigenvalue weighted by atomic mass is 9.97. The average Bonchev–Trinajstić information content (AvgIpc) is 3.08. The number of rotatable bonds is 3. The number of nitrogens with zero attached hydrogens (tertiary/aromatic N) is 4. The first-order chi connectivity index (χ1) is 12.2. The van der Waals surface area contributed by atoms with Crippen molar-refractivity contribution < 1.29 is 4.79 Å². The maximum Gasteiger partial charge on any atom is 0.231 e. The first-order valence-corrected chi connectivity index (χ1v) is 8.69. The number of hydrogen-bond acceptors (Lipinski definition) is 4. The molecular weight excluding hydrogens is 338 g/mol. The van der Waals surface area contributed by atoms with E-state index in [1.54, 1.807) is 12.1 Å². The number of nitrogens with one attached hydrogen (secondary N) is 1. The fourth-order valence-corrected chi connectivity index (χ4v) is 3.32. The van der Waals surface area contributed by atoms with Gasteiger partial charge in [-0.25, -0.2) is 0 Å². The Morgan fingerprint density at radius 3 is 2.84 bits per heavy atom. The van der Waals surface area contributed by atoms with Crippen molar-refractivity contribution >= 4 is 34.8 Å². The van der Waals surface area contributed by atoms with E-state index in [-0.39, 0.29) is 11.8 Å². The minimum atomic E-state index is -0.0829. The Morgan fingerprint density at radius 2 is 2.00 bits per heavy atom. The molecule has 25 heavy (non-hydrogen) atoms. The Hall–Kier alpha value is -2.60. The highest BCUT2D eigenvalue weighted by atomic mass is 35.5. The van der Waals surface area contributed by atoms with Gasteiger partial charge >= 0.3 is 0 Å².